The molecule has 0 aromatic carbocycles. The largest absolute Gasteiger partial charge is 0.462 e. The Balaban J connectivity index is 1.78. The van der Waals surface area contributed by atoms with Crippen LogP contribution in [0.2, 0.25) is 0 Å². The van der Waals surface area contributed by atoms with Gasteiger partial charge in [-0.2, -0.15) is 0 Å². The van der Waals surface area contributed by atoms with E-state index in [0.29, 0.717) is 12.3 Å². The van der Waals surface area contributed by atoms with Crippen LogP contribution in [0.25, 0.3) is 0 Å². The number of rotatable bonds is 4. The van der Waals surface area contributed by atoms with Gasteiger partial charge in [0.15, 0.2) is 0 Å². The zero-order chi connectivity index (χ0) is 15.8. The van der Waals surface area contributed by atoms with E-state index in [2.05, 4.69) is 27.8 Å². The molecule has 2 atom stereocenters. The van der Waals surface area contributed by atoms with Crippen molar-refractivity contribution in [2.45, 2.75) is 45.1 Å². The number of hydrogen-bond donors (Lipinski definition) is 0. The molecule has 2 rings (SSSR count). The number of carbonyl (C=O) groups is 1. The topological polar surface area (TPSA) is 42.4 Å². The van der Waals surface area contributed by atoms with Crippen LogP contribution in [0.1, 0.15) is 44.6 Å². The molecule has 2 heterocycles. The monoisotopic (exact) mass is 300 g/mol. The smallest absolute Gasteiger partial charge is 0.302 e. The Bertz CT molecular complexity index is 533. The maximum absolute atomic E-state index is 10.8. The summed E-state index contributed by atoms with van der Waals surface area (Å²) in [5.41, 5.74) is 1.32. The molecule has 4 nitrogen and oxygen atoms in total. The fourth-order valence-electron chi connectivity index (χ4n) is 2.80. The third-order valence-corrected chi connectivity index (χ3v) is 3.85. The van der Waals surface area contributed by atoms with Gasteiger partial charge in [0.25, 0.3) is 0 Å². The van der Waals surface area contributed by atoms with Gasteiger partial charge in [0.05, 0.1) is 6.54 Å². The van der Waals surface area contributed by atoms with Crippen molar-refractivity contribution in [1.29, 1.82) is 0 Å². The molecular weight excluding hydrogens is 276 g/mol. The van der Waals surface area contributed by atoms with E-state index in [9.17, 15) is 4.79 Å². The molecule has 0 spiro atoms. The summed E-state index contributed by atoms with van der Waals surface area (Å²) in [5, 5.41) is 0. The third kappa shape index (κ3) is 5.50. The lowest BCUT2D eigenvalue weighted by molar-refractivity contribution is -0.145. The molecule has 0 N–H and O–H groups in total. The van der Waals surface area contributed by atoms with E-state index in [4.69, 9.17) is 4.74 Å². The lowest BCUT2D eigenvalue weighted by Crippen LogP contribution is -2.34. The molecule has 1 aliphatic rings. The minimum atomic E-state index is -0.246. The predicted octanol–water partition coefficient (Wildman–Crippen LogP) is 2.61. The highest BCUT2D eigenvalue weighted by Crippen LogP contribution is 2.25. The Labute approximate surface area is 132 Å². The van der Waals surface area contributed by atoms with Crippen LogP contribution in [-0.4, -0.2) is 41.6 Å². The second-order valence-electron chi connectivity index (χ2n) is 5.84. The quantitative estimate of drug-likeness (QED) is 0.633. The van der Waals surface area contributed by atoms with Crippen LogP contribution in [0.4, 0.5) is 0 Å². The third-order valence-electron chi connectivity index (χ3n) is 3.85. The Morgan fingerprint density at radius 1 is 1.55 bits per heavy atom. The second kappa shape index (κ2) is 8.55. The minimum absolute atomic E-state index is 0.130. The maximum atomic E-state index is 10.8. The molecule has 0 saturated carbocycles. The van der Waals surface area contributed by atoms with Crippen molar-refractivity contribution in [2.24, 2.45) is 0 Å². The van der Waals surface area contributed by atoms with Crippen LogP contribution < -0.4 is 0 Å². The van der Waals surface area contributed by atoms with Crippen LogP contribution >= 0.6 is 0 Å². The normalized spacial score (nSPS) is 19.8. The van der Waals surface area contributed by atoms with E-state index in [1.165, 1.54) is 25.3 Å². The summed E-state index contributed by atoms with van der Waals surface area (Å²) < 4.78 is 5.06. The average molecular weight is 300 g/mol. The Hall–Kier alpha value is -1.86. The first-order chi connectivity index (χ1) is 10.6. The van der Waals surface area contributed by atoms with E-state index < -0.39 is 0 Å². The summed E-state index contributed by atoms with van der Waals surface area (Å²) in [5.74, 6) is 6.63. The highest BCUT2D eigenvalue weighted by atomic mass is 16.5. The van der Waals surface area contributed by atoms with Gasteiger partial charge in [-0.25, -0.2) is 0 Å². The van der Waals surface area contributed by atoms with Crippen molar-refractivity contribution in [3.8, 4) is 11.8 Å². The Morgan fingerprint density at radius 2 is 2.41 bits per heavy atom. The van der Waals surface area contributed by atoms with Gasteiger partial charge in [0.2, 0.25) is 0 Å². The highest BCUT2D eigenvalue weighted by Gasteiger charge is 2.20. The van der Waals surface area contributed by atoms with E-state index in [1.54, 1.807) is 0 Å². The van der Waals surface area contributed by atoms with Crippen molar-refractivity contribution in [3.63, 3.8) is 0 Å². The number of hydrogen-bond acceptors (Lipinski definition) is 4. The number of nitrogens with zero attached hydrogens (tertiary/aromatic N) is 2. The number of esters is 1. The number of aromatic nitrogens is 1. The standard InChI is InChI=1S/C18H24N2O2/c1-15(22-16(2)21)7-3-4-11-20-12-6-9-18(14-20)17-8-5-10-19-13-17/h5,8,10,13,15,18H,6-7,9,11-12,14H2,1-2H3. The van der Waals surface area contributed by atoms with Gasteiger partial charge in [-0.05, 0) is 43.9 Å². The van der Waals surface area contributed by atoms with Crippen LogP contribution in [0.3, 0.4) is 0 Å². The van der Waals surface area contributed by atoms with Crippen molar-refractivity contribution in [1.82, 2.24) is 9.88 Å². The number of likely N-dealkylation sites (tertiary alicyclic amines) is 1. The van der Waals surface area contributed by atoms with Gasteiger partial charge in [-0.1, -0.05) is 17.9 Å². The summed E-state index contributed by atoms with van der Waals surface area (Å²) in [4.78, 5) is 17.4. The zero-order valence-corrected chi connectivity index (χ0v) is 13.4. The molecule has 1 saturated heterocycles. The minimum Gasteiger partial charge on any atom is -0.462 e. The molecule has 0 aliphatic carbocycles. The molecule has 2 unspecified atom stereocenters. The van der Waals surface area contributed by atoms with Gasteiger partial charge >= 0.3 is 5.97 Å². The van der Waals surface area contributed by atoms with Crippen LogP contribution in [-0.2, 0) is 9.53 Å². The van der Waals surface area contributed by atoms with Crippen molar-refractivity contribution in [3.05, 3.63) is 30.1 Å². The van der Waals surface area contributed by atoms with Crippen molar-refractivity contribution in [2.75, 3.05) is 19.6 Å². The Kier molecular flexibility index (Phi) is 6.42. The first-order valence-corrected chi connectivity index (χ1v) is 7.90. The molecule has 1 aromatic rings. The number of piperidine rings is 1. The van der Waals surface area contributed by atoms with E-state index in [-0.39, 0.29) is 12.1 Å². The fourth-order valence-corrected chi connectivity index (χ4v) is 2.80. The maximum Gasteiger partial charge on any atom is 0.302 e. The first-order valence-electron chi connectivity index (χ1n) is 7.90. The van der Waals surface area contributed by atoms with Gasteiger partial charge in [-0.15, -0.1) is 0 Å². The molecular formula is C18H24N2O2. The average Bonchev–Trinajstić information content (AvgIpc) is 2.52. The highest BCUT2D eigenvalue weighted by molar-refractivity contribution is 5.66. The summed E-state index contributed by atoms with van der Waals surface area (Å²) in [6, 6.07) is 4.16. The van der Waals surface area contributed by atoms with Gasteiger partial charge < -0.3 is 4.74 Å². The van der Waals surface area contributed by atoms with E-state index >= 15 is 0 Å². The lowest BCUT2D eigenvalue weighted by Gasteiger charge is -2.31. The zero-order valence-electron chi connectivity index (χ0n) is 13.4. The molecule has 1 aromatic heterocycles. The molecule has 118 valence electrons. The fraction of sp³-hybridized carbons (Fsp3) is 0.556. The van der Waals surface area contributed by atoms with Gasteiger partial charge in [-0.3, -0.25) is 14.7 Å². The molecule has 0 bridgehead atoms. The second-order valence-corrected chi connectivity index (χ2v) is 5.84. The SMILES string of the molecule is CC(=O)OC(C)CC#CCN1CCCC(c2cccnc2)C1. The molecule has 1 aliphatic heterocycles. The number of pyridine rings is 1. The summed E-state index contributed by atoms with van der Waals surface area (Å²) >= 11 is 0. The molecule has 22 heavy (non-hydrogen) atoms. The summed E-state index contributed by atoms with van der Waals surface area (Å²) in [7, 11) is 0. The van der Waals surface area contributed by atoms with Crippen LogP contribution in [0.5, 0.6) is 0 Å². The van der Waals surface area contributed by atoms with Crippen molar-refractivity contribution < 1.29 is 9.53 Å². The molecule has 0 radical (unpaired) electrons. The van der Waals surface area contributed by atoms with Crippen molar-refractivity contribution >= 4 is 5.97 Å². The van der Waals surface area contributed by atoms with Crippen LogP contribution in [0.15, 0.2) is 24.5 Å². The molecule has 0 amide bonds. The van der Waals surface area contributed by atoms with Crippen LogP contribution in [0, 0.1) is 11.8 Å². The number of carbonyl (C=O) groups excluding carboxylic acids is 1. The molecule has 1 fully saturated rings. The Morgan fingerprint density at radius 3 is 3.14 bits per heavy atom. The summed E-state index contributed by atoms with van der Waals surface area (Å²) in [6.07, 6.45) is 6.68. The number of ether oxygens (including phenoxy) is 1. The first kappa shape index (κ1) is 16.5. The van der Waals surface area contributed by atoms with E-state index in [1.807, 2.05) is 25.4 Å². The van der Waals surface area contributed by atoms with E-state index in [0.717, 1.165) is 19.6 Å². The molecule has 4 heteroatoms. The summed E-state index contributed by atoms with van der Waals surface area (Å²) in [6.45, 7) is 6.22. The lowest BCUT2D eigenvalue weighted by atomic mass is 9.92. The van der Waals surface area contributed by atoms with Gasteiger partial charge in [0, 0.05) is 32.3 Å². The van der Waals surface area contributed by atoms with Gasteiger partial charge in [0.1, 0.15) is 6.10 Å². The predicted molar refractivity (Wildman–Crippen MR) is 86.3 cm³/mol.